The smallest absolute Gasteiger partial charge is 0.189 e. The van der Waals surface area contributed by atoms with Crippen molar-refractivity contribution in [2.75, 3.05) is 12.4 Å². The Morgan fingerprint density at radius 1 is 1.55 bits per heavy atom. The van der Waals surface area contributed by atoms with Crippen LogP contribution in [-0.4, -0.2) is 38.8 Å². The Bertz CT molecular complexity index is 643. The minimum atomic E-state index is 0.0944. The minimum absolute atomic E-state index is 0.0944. The summed E-state index contributed by atoms with van der Waals surface area (Å²) in [5, 5.41) is 0.908. The zero-order valence-electron chi connectivity index (χ0n) is 13.0. The first-order valence-electron chi connectivity index (χ1n) is 7.60. The Morgan fingerprint density at radius 2 is 2.41 bits per heavy atom. The molecule has 1 aliphatic rings. The molecule has 1 saturated heterocycles. The number of imidazole rings is 1. The summed E-state index contributed by atoms with van der Waals surface area (Å²) >= 11 is 1.50. The first kappa shape index (κ1) is 15.4. The number of hydrogen-bond acceptors (Lipinski definition) is 4. The van der Waals surface area contributed by atoms with Crippen molar-refractivity contribution in [3.05, 3.63) is 35.4 Å². The maximum atomic E-state index is 12.1. The summed E-state index contributed by atoms with van der Waals surface area (Å²) in [6, 6.07) is 3.64. The van der Waals surface area contributed by atoms with E-state index in [4.69, 9.17) is 4.74 Å². The molecular weight excluding hydrogens is 298 g/mol. The summed E-state index contributed by atoms with van der Waals surface area (Å²) in [5.74, 6) is 0.485. The van der Waals surface area contributed by atoms with Gasteiger partial charge >= 0.3 is 0 Å². The molecule has 6 heteroatoms. The zero-order valence-corrected chi connectivity index (χ0v) is 13.8. The average molecular weight is 319 g/mol. The summed E-state index contributed by atoms with van der Waals surface area (Å²) in [7, 11) is 0. The van der Waals surface area contributed by atoms with E-state index in [0.717, 1.165) is 42.5 Å². The highest BCUT2D eigenvalue weighted by molar-refractivity contribution is 7.99. The first-order valence-corrected chi connectivity index (χ1v) is 8.58. The van der Waals surface area contributed by atoms with Crippen LogP contribution in [0.25, 0.3) is 0 Å². The molecule has 0 aromatic carbocycles. The van der Waals surface area contributed by atoms with Crippen molar-refractivity contribution in [2.45, 2.75) is 44.5 Å². The monoisotopic (exact) mass is 319 g/mol. The largest absolute Gasteiger partial charge is 0.376 e. The molecule has 5 nitrogen and oxygen atoms in total. The summed E-state index contributed by atoms with van der Waals surface area (Å²) in [6.07, 6.45) is 4.27. The lowest BCUT2D eigenvalue weighted by Gasteiger charge is -2.14. The fourth-order valence-electron chi connectivity index (χ4n) is 2.65. The summed E-state index contributed by atoms with van der Waals surface area (Å²) < 4.78 is 7.92. The lowest BCUT2D eigenvalue weighted by molar-refractivity contribution is 0.0945. The maximum Gasteiger partial charge on any atom is 0.189 e. The SMILES string of the molecule is Cc1nc(SCC(=O)c2ccc[nH]2)n(CC2CCCO2)c1C. The van der Waals surface area contributed by atoms with E-state index in [2.05, 4.69) is 21.5 Å². The van der Waals surface area contributed by atoms with Crippen LogP contribution in [0, 0.1) is 13.8 Å². The number of thioether (sulfide) groups is 1. The third-order valence-electron chi connectivity index (χ3n) is 4.06. The van der Waals surface area contributed by atoms with Gasteiger partial charge in [-0.1, -0.05) is 11.8 Å². The van der Waals surface area contributed by atoms with E-state index in [1.54, 1.807) is 12.3 Å². The second-order valence-corrected chi connectivity index (χ2v) is 6.55. The van der Waals surface area contributed by atoms with E-state index < -0.39 is 0 Å². The molecule has 1 N–H and O–H groups in total. The lowest BCUT2D eigenvalue weighted by Crippen LogP contribution is -2.17. The average Bonchev–Trinajstić information content (AvgIpc) is 3.24. The second kappa shape index (κ2) is 6.71. The van der Waals surface area contributed by atoms with Gasteiger partial charge in [0.25, 0.3) is 0 Å². The van der Waals surface area contributed by atoms with Crippen LogP contribution in [0.1, 0.15) is 34.7 Å². The van der Waals surface area contributed by atoms with E-state index in [-0.39, 0.29) is 11.9 Å². The number of hydrogen-bond donors (Lipinski definition) is 1. The number of ketones is 1. The standard InChI is InChI=1S/C16H21N3O2S/c1-11-12(2)19(9-13-5-4-8-21-13)16(18-11)22-10-15(20)14-6-3-7-17-14/h3,6-7,13,17H,4-5,8-10H2,1-2H3. The second-order valence-electron chi connectivity index (χ2n) is 5.61. The number of H-pyrrole nitrogens is 1. The van der Waals surface area contributed by atoms with Gasteiger partial charge in [0.2, 0.25) is 0 Å². The minimum Gasteiger partial charge on any atom is -0.376 e. The van der Waals surface area contributed by atoms with E-state index in [1.165, 1.54) is 11.8 Å². The van der Waals surface area contributed by atoms with E-state index in [0.29, 0.717) is 11.4 Å². The topological polar surface area (TPSA) is 59.9 Å². The van der Waals surface area contributed by atoms with Gasteiger partial charge in [0.05, 0.1) is 29.8 Å². The molecule has 0 spiro atoms. The number of aromatic nitrogens is 3. The maximum absolute atomic E-state index is 12.1. The van der Waals surface area contributed by atoms with Crippen LogP contribution in [0.5, 0.6) is 0 Å². The molecule has 0 bridgehead atoms. The Kier molecular flexibility index (Phi) is 4.69. The molecule has 3 rings (SSSR count). The van der Waals surface area contributed by atoms with Crippen molar-refractivity contribution in [1.82, 2.24) is 14.5 Å². The van der Waals surface area contributed by atoms with E-state index >= 15 is 0 Å². The third kappa shape index (κ3) is 3.28. The normalized spacial score (nSPS) is 18.0. The van der Waals surface area contributed by atoms with Gasteiger partial charge in [-0.2, -0.15) is 0 Å². The van der Waals surface area contributed by atoms with Crippen LogP contribution in [0.15, 0.2) is 23.5 Å². The molecular formula is C16H21N3O2S. The van der Waals surface area contributed by atoms with Crippen molar-refractivity contribution in [3.8, 4) is 0 Å². The predicted octanol–water partition coefficient (Wildman–Crippen LogP) is 2.98. The number of carbonyl (C=O) groups excluding carboxylic acids is 1. The van der Waals surface area contributed by atoms with Crippen molar-refractivity contribution >= 4 is 17.5 Å². The number of Topliss-reactive ketones (excluding diaryl/α,β-unsaturated/α-hetero) is 1. The Hall–Kier alpha value is -1.53. The van der Waals surface area contributed by atoms with Crippen LogP contribution >= 0.6 is 11.8 Å². The molecule has 0 radical (unpaired) electrons. The highest BCUT2D eigenvalue weighted by Crippen LogP contribution is 2.24. The quantitative estimate of drug-likeness (QED) is 0.657. The number of nitrogens with one attached hydrogen (secondary N) is 1. The number of nitrogens with zero attached hydrogens (tertiary/aromatic N) is 2. The summed E-state index contributed by atoms with van der Waals surface area (Å²) in [5.41, 5.74) is 2.83. The van der Waals surface area contributed by atoms with Crippen molar-refractivity contribution in [3.63, 3.8) is 0 Å². The molecule has 2 aromatic rings. The fraction of sp³-hybridized carbons (Fsp3) is 0.500. The van der Waals surface area contributed by atoms with Gasteiger partial charge < -0.3 is 14.3 Å². The number of rotatable bonds is 6. The van der Waals surface area contributed by atoms with Gasteiger partial charge in [-0.05, 0) is 38.8 Å². The Labute approximate surface area is 134 Å². The number of ether oxygens (including phenoxy) is 1. The van der Waals surface area contributed by atoms with Crippen LogP contribution in [0.4, 0.5) is 0 Å². The molecule has 118 valence electrons. The summed E-state index contributed by atoms with van der Waals surface area (Å²) in [6.45, 7) is 5.77. The highest BCUT2D eigenvalue weighted by Gasteiger charge is 2.21. The first-order chi connectivity index (χ1) is 10.6. The molecule has 0 saturated carbocycles. The molecule has 3 heterocycles. The Balaban J connectivity index is 1.69. The summed E-state index contributed by atoms with van der Waals surface area (Å²) in [4.78, 5) is 19.7. The molecule has 1 aliphatic heterocycles. The molecule has 0 aliphatic carbocycles. The van der Waals surface area contributed by atoms with Gasteiger partial charge in [-0.3, -0.25) is 4.79 Å². The van der Waals surface area contributed by atoms with Crippen molar-refractivity contribution in [1.29, 1.82) is 0 Å². The van der Waals surface area contributed by atoms with Gasteiger partial charge in [0.15, 0.2) is 10.9 Å². The molecule has 1 fully saturated rings. The third-order valence-corrected chi connectivity index (χ3v) is 5.04. The van der Waals surface area contributed by atoms with E-state index in [9.17, 15) is 4.79 Å². The van der Waals surface area contributed by atoms with E-state index in [1.807, 2.05) is 13.0 Å². The molecule has 1 atom stereocenters. The molecule has 22 heavy (non-hydrogen) atoms. The van der Waals surface area contributed by atoms with Gasteiger partial charge in [-0.25, -0.2) is 4.98 Å². The molecule has 1 unspecified atom stereocenters. The van der Waals surface area contributed by atoms with Crippen LogP contribution < -0.4 is 0 Å². The van der Waals surface area contributed by atoms with Crippen molar-refractivity contribution in [2.24, 2.45) is 0 Å². The van der Waals surface area contributed by atoms with Crippen LogP contribution in [0.3, 0.4) is 0 Å². The van der Waals surface area contributed by atoms with Gasteiger partial charge in [-0.15, -0.1) is 0 Å². The number of aryl methyl sites for hydroxylation is 1. The predicted molar refractivity (Wildman–Crippen MR) is 86.5 cm³/mol. The number of carbonyl (C=O) groups is 1. The highest BCUT2D eigenvalue weighted by atomic mass is 32.2. The Morgan fingerprint density at radius 3 is 3.09 bits per heavy atom. The zero-order chi connectivity index (χ0) is 15.5. The van der Waals surface area contributed by atoms with Gasteiger partial charge in [0, 0.05) is 18.5 Å². The van der Waals surface area contributed by atoms with Crippen LogP contribution in [-0.2, 0) is 11.3 Å². The fourth-order valence-corrected chi connectivity index (χ4v) is 3.64. The molecule has 2 aromatic heterocycles. The van der Waals surface area contributed by atoms with Crippen molar-refractivity contribution < 1.29 is 9.53 Å². The number of aromatic amines is 1. The molecule has 0 amide bonds. The van der Waals surface area contributed by atoms with Crippen LogP contribution in [0.2, 0.25) is 0 Å². The lowest BCUT2D eigenvalue weighted by atomic mass is 10.2. The van der Waals surface area contributed by atoms with Gasteiger partial charge in [0.1, 0.15) is 0 Å².